The van der Waals surface area contributed by atoms with Gasteiger partial charge in [-0.1, -0.05) is 12.2 Å². The molecule has 0 aromatic carbocycles. The summed E-state index contributed by atoms with van der Waals surface area (Å²) in [6.45, 7) is 1.28. The van der Waals surface area contributed by atoms with E-state index in [9.17, 15) is 9.90 Å². The molecule has 3 nitrogen and oxygen atoms in total. The van der Waals surface area contributed by atoms with Gasteiger partial charge in [0.15, 0.2) is 0 Å². The lowest BCUT2D eigenvalue weighted by atomic mass is 9.93. The van der Waals surface area contributed by atoms with Crippen molar-refractivity contribution in [2.75, 3.05) is 13.1 Å². The third kappa shape index (κ3) is 1.98. The summed E-state index contributed by atoms with van der Waals surface area (Å²) in [5, 5.41) is 9.34. The van der Waals surface area contributed by atoms with Crippen LogP contribution in [0.4, 0.5) is 0 Å². The van der Waals surface area contributed by atoms with E-state index >= 15 is 0 Å². The number of rotatable bonds is 1. The Bertz CT molecular complexity index is 250. The van der Waals surface area contributed by atoms with Crippen molar-refractivity contribution in [3.63, 3.8) is 0 Å². The van der Waals surface area contributed by atoms with Crippen molar-refractivity contribution in [3.05, 3.63) is 12.2 Å². The topological polar surface area (TPSA) is 40.5 Å². The summed E-state index contributed by atoms with van der Waals surface area (Å²) < 4.78 is 0. The van der Waals surface area contributed by atoms with Crippen molar-refractivity contribution in [1.82, 2.24) is 4.90 Å². The number of aliphatic hydroxyl groups excluding tert-OH is 1. The van der Waals surface area contributed by atoms with Crippen molar-refractivity contribution in [2.45, 2.75) is 31.8 Å². The Balaban J connectivity index is 1.91. The summed E-state index contributed by atoms with van der Waals surface area (Å²) in [5.74, 6) is 0.413. The lowest BCUT2D eigenvalue weighted by Gasteiger charge is -2.23. The number of hydrogen-bond acceptors (Lipinski definition) is 2. The maximum absolute atomic E-state index is 11.9. The highest BCUT2D eigenvalue weighted by atomic mass is 16.3. The zero-order valence-corrected chi connectivity index (χ0v) is 8.35. The first-order chi connectivity index (χ1) is 6.77. The quantitative estimate of drug-likeness (QED) is 0.632. The van der Waals surface area contributed by atoms with Gasteiger partial charge in [0, 0.05) is 19.0 Å². The highest BCUT2D eigenvalue weighted by Crippen LogP contribution is 2.22. The predicted molar refractivity (Wildman–Crippen MR) is 53.7 cm³/mol. The molecule has 0 bridgehead atoms. The first kappa shape index (κ1) is 9.71. The van der Waals surface area contributed by atoms with Gasteiger partial charge in [-0.25, -0.2) is 0 Å². The van der Waals surface area contributed by atoms with Crippen LogP contribution in [0.1, 0.15) is 25.7 Å². The Morgan fingerprint density at radius 1 is 1.36 bits per heavy atom. The average Bonchev–Trinajstić information content (AvgIpc) is 2.65. The zero-order valence-electron chi connectivity index (χ0n) is 8.35. The van der Waals surface area contributed by atoms with Gasteiger partial charge in [0.1, 0.15) is 0 Å². The fourth-order valence-corrected chi connectivity index (χ4v) is 2.22. The third-order valence-corrected chi connectivity index (χ3v) is 3.09. The summed E-state index contributed by atoms with van der Waals surface area (Å²) in [6, 6.07) is 0. The van der Waals surface area contributed by atoms with Crippen LogP contribution in [0.2, 0.25) is 0 Å². The van der Waals surface area contributed by atoms with Crippen LogP contribution in [0.5, 0.6) is 0 Å². The van der Waals surface area contributed by atoms with Crippen LogP contribution in [-0.4, -0.2) is 35.1 Å². The number of carbonyl (C=O) groups is 1. The lowest BCUT2D eigenvalue weighted by Crippen LogP contribution is -2.35. The second-order valence-electron chi connectivity index (χ2n) is 4.21. The molecule has 1 saturated heterocycles. The van der Waals surface area contributed by atoms with Crippen LogP contribution in [0.15, 0.2) is 12.2 Å². The number of likely N-dealkylation sites (tertiary alicyclic amines) is 1. The lowest BCUT2D eigenvalue weighted by molar-refractivity contribution is -0.135. The van der Waals surface area contributed by atoms with Gasteiger partial charge in [0.25, 0.3) is 0 Å². The van der Waals surface area contributed by atoms with E-state index in [2.05, 4.69) is 12.2 Å². The third-order valence-electron chi connectivity index (χ3n) is 3.09. The number of hydrogen-bond donors (Lipinski definition) is 1. The molecule has 0 spiro atoms. The van der Waals surface area contributed by atoms with Crippen molar-refractivity contribution >= 4 is 5.91 Å². The van der Waals surface area contributed by atoms with Crippen LogP contribution >= 0.6 is 0 Å². The standard InChI is InChI=1S/C11H17NO2/c13-10-6-7-12(8-10)11(14)9-4-2-1-3-5-9/h1-2,9-10,13H,3-8H2/t9-,10-/m0/s1. The van der Waals surface area contributed by atoms with E-state index in [0.717, 1.165) is 32.2 Å². The molecule has 0 aromatic rings. The SMILES string of the molecule is O=C([C@H]1CC=CCC1)N1CC[C@H](O)C1. The molecule has 0 aromatic heterocycles. The maximum Gasteiger partial charge on any atom is 0.226 e. The van der Waals surface area contributed by atoms with E-state index in [0.29, 0.717) is 6.54 Å². The molecule has 0 unspecified atom stereocenters. The monoisotopic (exact) mass is 195 g/mol. The molecule has 2 rings (SSSR count). The minimum absolute atomic E-state index is 0.172. The largest absolute Gasteiger partial charge is 0.391 e. The summed E-state index contributed by atoms with van der Waals surface area (Å²) >= 11 is 0. The summed E-state index contributed by atoms with van der Waals surface area (Å²) in [5.41, 5.74) is 0. The highest BCUT2D eigenvalue weighted by molar-refractivity contribution is 5.79. The van der Waals surface area contributed by atoms with E-state index in [1.54, 1.807) is 0 Å². The van der Waals surface area contributed by atoms with E-state index in [1.165, 1.54) is 0 Å². The van der Waals surface area contributed by atoms with Crippen LogP contribution in [-0.2, 0) is 4.79 Å². The molecule has 1 aliphatic carbocycles. The second-order valence-corrected chi connectivity index (χ2v) is 4.21. The number of aliphatic hydroxyl groups is 1. The van der Waals surface area contributed by atoms with Gasteiger partial charge >= 0.3 is 0 Å². The fraction of sp³-hybridized carbons (Fsp3) is 0.727. The van der Waals surface area contributed by atoms with Crippen LogP contribution in [0, 0.1) is 5.92 Å². The maximum atomic E-state index is 11.9. The molecule has 0 radical (unpaired) electrons. The molecule has 1 fully saturated rings. The molecule has 2 atom stereocenters. The number of allylic oxidation sites excluding steroid dienone is 2. The number of β-amino-alcohol motifs (C(OH)–C–C–N with tert-alkyl or cyclic N) is 1. The molecular weight excluding hydrogens is 178 g/mol. The summed E-state index contributed by atoms with van der Waals surface area (Å²) in [7, 11) is 0. The molecular formula is C11H17NO2. The first-order valence-electron chi connectivity index (χ1n) is 5.39. The Kier molecular flexibility index (Phi) is 2.87. The van der Waals surface area contributed by atoms with Crippen LogP contribution in [0.3, 0.4) is 0 Å². The first-order valence-corrected chi connectivity index (χ1v) is 5.39. The van der Waals surface area contributed by atoms with Gasteiger partial charge in [-0.2, -0.15) is 0 Å². The van der Waals surface area contributed by atoms with E-state index < -0.39 is 0 Å². The molecule has 1 N–H and O–H groups in total. The van der Waals surface area contributed by atoms with E-state index in [-0.39, 0.29) is 17.9 Å². The Morgan fingerprint density at radius 2 is 2.21 bits per heavy atom. The normalized spacial score (nSPS) is 32.2. The molecule has 1 aliphatic heterocycles. The van der Waals surface area contributed by atoms with Gasteiger partial charge in [-0.15, -0.1) is 0 Å². The number of carbonyl (C=O) groups excluding carboxylic acids is 1. The number of amides is 1. The Hall–Kier alpha value is -0.830. The van der Waals surface area contributed by atoms with Gasteiger partial charge in [-0.3, -0.25) is 4.79 Å². The zero-order chi connectivity index (χ0) is 9.97. The Labute approximate surface area is 84.4 Å². The molecule has 3 heteroatoms. The second kappa shape index (κ2) is 4.13. The van der Waals surface area contributed by atoms with Crippen LogP contribution < -0.4 is 0 Å². The van der Waals surface area contributed by atoms with Crippen molar-refractivity contribution in [1.29, 1.82) is 0 Å². The predicted octanol–water partition coefficient (Wildman–Crippen LogP) is 0.936. The average molecular weight is 195 g/mol. The summed E-state index contributed by atoms with van der Waals surface area (Å²) in [4.78, 5) is 13.7. The van der Waals surface area contributed by atoms with Gasteiger partial charge < -0.3 is 10.0 Å². The van der Waals surface area contributed by atoms with Gasteiger partial charge in [-0.05, 0) is 25.7 Å². The van der Waals surface area contributed by atoms with Crippen molar-refractivity contribution in [2.24, 2.45) is 5.92 Å². The minimum Gasteiger partial charge on any atom is -0.391 e. The molecule has 2 aliphatic rings. The molecule has 0 saturated carbocycles. The molecule has 1 heterocycles. The summed E-state index contributed by atoms with van der Waals surface area (Å²) in [6.07, 6.45) is 7.56. The smallest absolute Gasteiger partial charge is 0.226 e. The Morgan fingerprint density at radius 3 is 2.79 bits per heavy atom. The van der Waals surface area contributed by atoms with E-state index in [1.807, 2.05) is 4.90 Å². The number of nitrogens with zero attached hydrogens (tertiary/aromatic N) is 1. The molecule has 14 heavy (non-hydrogen) atoms. The fourth-order valence-electron chi connectivity index (χ4n) is 2.22. The minimum atomic E-state index is -0.293. The molecule has 1 amide bonds. The van der Waals surface area contributed by atoms with E-state index in [4.69, 9.17) is 0 Å². The van der Waals surface area contributed by atoms with Gasteiger partial charge in [0.2, 0.25) is 5.91 Å². The van der Waals surface area contributed by atoms with Crippen molar-refractivity contribution in [3.8, 4) is 0 Å². The highest BCUT2D eigenvalue weighted by Gasteiger charge is 2.29. The van der Waals surface area contributed by atoms with Gasteiger partial charge in [0.05, 0.1) is 6.10 Å². The molecule has 78 valence electrons. The van der Waals surface area contributed by atoms with Crippen LogP contribution in [0.25, 0.3) is 0 Å². The van der Waals surface area contributed by atoms with Crippen molar-refractivity contribution < 1.29 is 9.90 Å².